The summed E-state index contributed by atoms with van der Waals surface area (Å²) >= 11 is 0. The Balaban J connectivity index is 2.10. The molecule has 1 atom stereocenters. The molecular formula is C16H27N3O. The first kappa shape index (κ1) is 15.1. The lowest BCUT2D eigenvalue weighted by molar-refractivity contribution is 0.253. The summed E-state index contributed by atoms with van der Waals surface area (Å²) in [6.07, 6.45) is 2.37. The van der Waals surface area contributed by atoms with E-state index in [9.17, 15) is 5.11 Å². The first-order chi connectivity index (χ1) is 9.52. The molecule has 1 heterocycles. The van der Waals surface area contributed by atoms with Crippen LogP contribution in [-0.2, 0) is 0 Å². The minimum Gasteiger partial charge on any atom is -0.508 e. The molecule has 0 radical (unpaired) electrons. The van der Waals surface area contributed by atoms with Gasteiger partial charge in [-0.15, -0.1) is 0 Å². The number of hydrogen-bond donors (Lipinski definition) is 2. The van der Waals surface area contributed by atoms with Crippen molar-refractivity contribution in [2.45, 2.75) is 31.8 Å². The fraction of sp³-hybridized carbons (Fsp3) is 0.625. The molecule has 1 saturated heterocycles. The molecule has 20 heavy (non-hydrogen) atoms. The van der Waals surface area contributed by atoms with Crippen molar-refractivity contribution in [2.75, 3.05) is 39.1 Å². The highest BCUT2D eigenvalue weighted by atomic mass is 16.3. The van der Waals surface area contributed by atoms with Crippen LogP contribution < -0.4 is 10.2 Å². The highest BCUT2D eigenvalue weighted by molar-refractivity contribution is 5.54. The molecule has 112 valence electrons. The lowest BCUT2D eigenvalue weighted by Gasteiger charge is -2.36. The predicted molar refractivity (Wildman–Crippen MR) is 84.5 cm³/mol. The summed E-state index contributed by atoms with van der Waals surface area (Å²) in [5.41, 5.74) is 2.05. The van der Waals surface area contributed by atoms with Gasteiger partial charge in [-0.3, -0.25) is 0 Å². The van der Waals surface area contributed by atoms with Crippen LogP contribution in [-0.4, -0.2) is 50.3 Å². The standard InChI is InChI=1S/C16H27N3O/c1-12(17-2)15-6-5-14(11-16(15)20)19(4)13-7-9-18(3)10-8-13/h5-6,11-13,17,20H,7-10H2,1-4H3. The van der Waals surface area contributed by atoms with Gasteiger partial charge in [-0.25, -0.2) is 0 Å². The number of phenolic OH excluding ortho intramolecular Hbond substituents is 1. The molecule has 0 amide bonds. The van der Waals surface area contributed by atoms with E-state index in [1.54, 1.807) is 0 Å². The van der Waals surface area contributed by atoms with Gasteiger partial charge in [0.15, 0.2) is 0 Å². The number of benzene rings is 1. The van der Waals surface area contributed by atoms with Crippen LogP contribution >= 0.6 is 0 Å². The van der Waals surface area contributed by atoms with E-state index < -0.39 is 0 Å². The van der Waals surface area contributed by atoms with E-state index in [4.69, 9.17) is 0 Å². The SMILES string of the molecule is CNC(C)c1ccc(N(C)C2CCN(C)CC2)cc1O. The maximum absolute atomic E-state index is 10.2. The number of rotatable bonds is 4. The lowest BCUT2D eigenvalue weighted by atomic mass is 10.0. The van der Waals surface area contributed by atoms with Crippen molar-refractivity contribution < 1.29 is 5.11 Å². The molecule has 0 aliphatic carbocycles. The van der Waals surface area contributed by atoms with Gasteiger partial charge in [-0.05, 0) is 53.0 Å². The molecule has 1 aromatic rings. The van der Waals surface area contributed by atoms with Gasteiger partial charge < -0.3 is 20.2 Å². The number of anilines is 1. The number of likely N-dealkylation sites (tertiary alicyclic amines) is 1. The zero-order chi connectivity index (χ0) is 14.7. The summed E-state index contributed by atoms with van der Waals surface area (Å²) in [7, 11) is 6.21. The third-order valence-electron chi connectivity index (χ3n) is 4.56. The van der Waals surface area contributed by atoms with E-state index >= 15 is 0 Å². The molecule has 2 N–H and O–H groups in total. The summed E-state index contributed by atoms with van der Waals surface area (Å²) in [6.45, 7) is 4.35. The summed E-state index contributed by atoms with van der Waals surface area (Å²) < 4.78 is 0. The smallest absolute Gasteiger partial charge is 0.122 e. The second-order valence-corrected chi connectivity index (χ2v) is 5.90. The number of nitrogens with one attached hydrogen (secondary N) is 1. The highest BCUT2D eigenvalue weighted by Crippen LogP contribution is 2.30. The molecule has 1 fully saturated rings. The Hall–Kier alpha value is -1.26. The predicted octanol–water partition coefficient (Wildman–Crippen LogP) is 2.20. The first-order valence-corrected chi connectivity index (χ1v) is 7.44. The molecular weight excluding hydrogens is 250 g/mol. The van der Waals surface area contributed by atoms with Gasteiger partial charge in [0, 0.05) is 36.4 Å². The van der Waals surface area contributed by atoms with Crippen LogP contribution in [0.15, 0.2) is 18.2 Å². The molecule has 0 aromatic heterocycles. The lowest BCUT2D eigenvalue weighted by Crippen LogP contribution is -2.41. The van der Waals surface area contributed by atoms with Gasteiger partial charge in [-0.2, -0.15) is 0 Å². The fourth-order valence-electron chi connectivity index (χ4n) is 2.87. The minimum absolute atomic E-state index is 0.165. The van der Waals surface area contributed by atoms with Crippen LogP contribution in [0.5, 0.6) is 5.75 Å². The van der Waals surface area contributed by atoms with Crippen LogP contribution in [0.3, 0.4) is 0 Å². The summed E-state index contributed by atoms with van der Waals surface area (Å²) in [6, 6.07) is 6.76. The largest absolute Gasteiger partial charge is 0.508 e. The molecule has 4 nitrogen and oxygen atoms in total. The minimum atomic E-state index is 0.165. The molecule has 1 aliphatic heterocycles. The van der Waals surface area contributed by atoms with Crippen LogP contribution in [0.1, 0.15) is 31.4 Å². The Morgan fingerprint density at radius 3 is 2.55 bits per heavy atom. The normalized spacial score (nSPS) is 19.0. The maximum atomic E-state index is 10.2. The Bertz CT molecular complexity index is 441. The Morgan fingerprint density at radius 2 is 2.00 bits per heavy atom. The van der Waals surface area contributed by atoms with E-state index in [1.165, 1.54) is 12.8 Å². The Kier molecular flexibility index (Phi) is 4.89. The molecule has 0 saturated carbocycles. The van der Waals surface area contributed by atoms with Gasteiger partial charge in [0.1, 0.15) is 5.75 Å². The van der Waals surface area contributed by atoms with Gasteiger partial charge in [0.05, 0.1) is 0 Å². The number of hydrogen-bond acceptors (Lipinski definition) is 4. The van der Waals surface area contributed by atoms with Crippen LogP contribution in [0.4, 0.5) is 5.69 Å². The van der Waals surface area contributed by atoms with Crippen LogP contribution in [0.2, 0.25) is 0 Å². The molecule has 4 heteroatoms. The van der Waals surface area contributed by atoms with E-state index in [-0.39, 0.29) is 6.04 Å². The molecule has 0 bridgehead atoms. The van der Waals surface area contributed by atoms with Gasteiger partial charge in [0.25, 0.3) is 0 Å². The third kappa shape index (κ3) is 3.25. The highest BCUT2D eigenvalue weighted by Gasteiger charge is 2.21. The van der Waals surface area contributed by atoms with E-state index in [2.05, 4.69) is 42.2 Å². The summed E-state index contributed by atoms with van der Waals surface area (Å²) in [5, 5.41) is 13.4. The average Bonchev–Trinajstić information content (AvgIpc) is 2.46. The Morgan fingerprint density at radius 1 is 1.35 bits per heavy atom. The molecule has 1 unspecified atom stereocenters. The van der Waals surface area contributed by atoms with Crippen LogP contribution in [0.25, 0.3) is 0 Å². The van der Waals surface area contributed by atoms with Crippen molar-refractivity contribution in [2.24, 2.45) is 0 Å². The zero-order valence-corrected chi connectivity index (χ0v) is 13.1. The number of aromatic hydroxyl groups is 1. The summed E-state index contributed by atoms with van der Waals surface area (Å²) in [4.78, 5) is 4.68. The molecule has 2 rings (SSSR count). The van der Waals surface area contributed by atoms with Gasteiger partial charge in [-0.1, -0.05) is 6.07 Å². The van der Waals surface area contributed by atoms with Gasteiger partial charge >= 0.3 is 0 Å². The molecule has 1 aromatic carbocycles. The van der Waals surface area contributed by atoms with Gasteiger partial charge in [0.2, 0.25) is 0 Å². The van der Waals surface area contributed by atoms with E-state index in [0.29, 0.717) is 11.8 Å². The molecule has 0 spiro atoms. The van der Waals surface area contributed by atoms with Crippen LogP contribution in [0, 0.1) is 0 Å². The van der Waals surface area contributed by atoms with Crippen molar-refractivity contribution in [1.29, 1.82) is 0 Å². The summed E-state index contributed by atoms with van der Waals surface area (Å²) in [5.74, 6) is 0.379. The second kappa shape index (κ2) is 6.46. The topological polar surface area (TPSA) is 38.7 Å². The average molecular weight is 277 g/mol. The first-order valence-electron chi connectivity index (χ1n) is 7.44. The fourth-order valence-corrected chi connectivity index (χ4v) is 2.87. The third-order valence-corrected chi connectivity index (χ3v) is 4.56. The molecule has 1 aliphatic rings. The van der Waals surface area contributed by atoms with E-state index in [1.807, 2.05) is 19.2 Å². The number of piperidine rings is 1. The van der Waals surface area contributed by atoms with Crippen molar-refractivity contribution in [3.8, 4) is 5.75 Å². The number of nitrogens with zero attached hydrogens (tertiary/aromatic N) is 2. The van der Waals surface area contributed by atoms with Crippen molar-refractivity contribution in [3.05, 3.63) is 23.8 Å². The maximum Gasteiger partial charge on any atom is 0.122 e. The number of phenols is 1. The Labute approximate surface area is 122 Å². The quantitative estimate of drug-likeness (QED) is 0.885. The van der Waals surface area contributed by atoms with Crippen molar-refractivity contribution in [1.82, 2.24) is 10.2 Å². The van der Waals surface area contributed by atoms with Crippen molar-refractivity contribution in [3.63, 3.8) is 0 Å². The zero-order valence-electron chi connectivity index (χ0n) is 13.1. The van der Waals surface area contributed by atoms with E-state index in [0.717, 1.165) is 24.3 Å². The monoisotopic (exact) mass is 277 g/mol. The second-order valence-electron chi connectivity index (χ2n) is 5.90. The van der Waals surface area contributed by atoms with Crippen molar-refractivity contribution >= 4 is 5.69 Å².